The predicted octanol–water partition coefficient (Wildman–Crippen LogP) is 3.51. The molecule has 0 spiro atoms. The van der Waals surface area contributed by atoms with Crippen LogP contribution in [0.15, 0.2) is 47.4 Å². The highest BCUT2D eigenvalue weighted by molar-refractivity contribution is 7.90. The van der Waals surface area contributed by atoms with E-state index in [0.717, 1.165) is 22.6 Å². The summed E-state index contributed by atoms with van der Waals surface area (Å²) in [5, 5.41) is 16.9. The Morgan fingerprint density at radius 3 is 2.66 bits per heavy atom. The lowest BCUT2D eigenvalue weighted by atomic mass is 9.99. The molecule has 2 heterocycles. The number of hydrogen-bond donors (Lipinski definition) is 2. The number of hydrogen-bond acceptors (Lipinski definition) is 7. The number of H-pyrrole nitrogens is 1. The summed E-state index contributed by atoms with van der Waals surface area (Å²) in [6, 6.07) is 11.8. The van der Waals surface area contributed by atoms with Crippen molar-refractivity contribution in [3.05, 3.63) is 58.4 Å². The van der Waals surface area contributed by atoms with Gasteiger partial charge >= 0.3 is 0 Å². The molecular weight excluding hydrogens is 448 g/mol. The van der Waals surface area contributed by atoms with Gasteiger partial charge in [-0.25, -0.2) is 8.42 Å². The van der Waals surface area contributed by atoms with Crippen LogP contribution in [-0.2, 0) is 21.3 Å². The van der Waals surface area contributed by atoms with Gasteiger partial charge in [-0.2, -0.15) is 9.07 Å². The fraction of sp³-hybridized carbons (Fsp3) is 0.364. The Morgan fingerprint density at radius 1 is 1.19 bits per heavy atom. The van der Waals surface area contributed by atoms with Crippen molar-refractivity contribution in [2.45, 2.75) is 31.2 Å². The van der Waals surface area contributed by atoms with Crippen LogP contribution in [0.2, 0.25) is 0 Å². The molecular formula is C22H26N4O4S2. The van der Waals surface area contributed by atoms with Crippen molar-refractivity contribution in [2.75, 3.05) is 26.3 Å². The van der Waals surface area contributed by atoms with Crippen LogP contribution in [0.5, 0.6) is 5.75 Å². The van der Waals surface area contributed by atoms with Gasteiger partial charge in [0.25, 0.3) is 10.0 Å². The lowest BCUT2D eigenvalue weighted by Crippen LogP contribution is -2.35. The van der Waals surface area contributed by atoms with Crippen molar-refractivity contribution in [3.8, 4) is 17.1 Å². The number of ether oxygens (including phenoxy) is 1. The molecule has 32 heavy (non-hydrogen) atoms. The zero-order valence-electron chi connectivity index (χ0n) is 18.0. The third-order valence-corrected chi connectivity index (χ3v) is 7.56. The van der Waals surface area contributed by atoms with Crippen LogP contribution in [0.25, 0.3) is 11.4 Å². The summed E-state index contributed by atoms with van der Waals surface area (Å²) in [4.78, 5) is 2.37. The molecule has 0 saturated carbocycles. The average Bonchev–Trinajstić information content (AvgIpc) is 3.17. The second-order valence-corrected chi connectivity index (χ2v) is 10.3. The summed E-state index contributed by atoms with van der Waals surface area (Å²) in [5.41, 5.74) is 2.15. The van der Waals surface area contributed by atoms with Gasteiger partial charge in [0.1, 0.15) is 5.75 Å². The van der Waals surface area contributed by atoms with E-state index in [1.165, 1.54) is 0 Å². The van der Waals surface area contributed by atoms with E-state index in [1.807, 2.05) is 19.9 Å². The van der Waals surface area contributed by atoms with Crippen molar-refractivity contribution < 1.29 is 18.3 Å². The SMILES string of the molecule is CC(C)c1cc(-c2n[nH]c(=S)n2S(=O)(=O)c2cccc(CN3CCOCC3)c2)ccc1O. The summed E-state index contributed by atoms with van der Waals surface area (Å²) in [6.07, 6.45) is 0. The van der Waals surface area contributed by atoms with E-state index in [2.05, 4.69) is 15.1 Å². The molecule has 2 N–H and O–H groups in total. The Labute approximate surface area is 192 Å². The first-order chi connectivity index (χ1) is 15.3. The highest BCUT2D eigenvalue weighted by Gasteiger charge is 2.25. The number of benzene rings is 2. The Kier molecular flexibility index (Phi) is 6.47. The molecule has 3 aromatic rings. The van der Waals surface area contributed by atoms with E-state index in [-0.39, 0.29) is 27.2 Å². The average molecular weight is 475 g/mol. The van der Waals surface area contributed by atoms with E-state index in [9.17, 15) is 13.5 Å². The number of aromatic hydroxyl groups is 1. The van der Waals surface area contributed by atoms with Gasteiger partial charge in [-0.15, -0.1) is 0 Å². The Morgan fingerprint density at radius 2 is 1.94 bits per heavy atom. The van der Waals surface area contributed by atoms with Crippen molar-refractivity contribution in [1.82, 2.24) is 19.1 Å². The number of aromatic nitrogens is 3. The number of nitrogens with one attached hydrogen (secondary N) is 1. The van der Waals surface area contributed by atoms with E-state index in [1.54, 1.807) is 36.4 Å². The topological polar surface area (TPSA) is 100 Å². The summed E-state index contributed by atoms with van der Waals surface area (Å²) in [6.45, 7) is 7.53. The smallest absolute Gasteiger partial charge is 0.271 e. The van der Waals surface area contributed by atoms with Gasteiger partial charge in [0.05, 0.1) is 18.1 Å². The Hall–Kier alpha value is -2.53. The lowest BCUT2D eigenvalue weighted by Gasteiger charge is -2.26. The first-order valence-corrected chi connectivity index (χ1v) is 12.3. The van der Waals surface area contributed by atoms with Crippen LogP contribution in [0.4, 0.5) is 0 Å². The van der Waals surface area contributed by atoms with Crippen molar-refractivity contribution in [1.29, 1.82) is 0 Å². The molecule has 0 aliphatic carbocycles. The minimum atomic E-state index is -4.00. The lowest BCUT2D eigenvalue weighted by molar-refractivity contribution is 0.0341. The maximum atomic E-state index is 13.6. The zero-order chi connectivity index (χ0) is 22.9. The first-order valence-electron chi connectivity index (χ1n) is 10.4. The molecule has 2 aromatic carbocycles. The molecule has 8 nitrogen and oxygen atoms in total. The van der Waals surface area contributed by atoms with Crippen LogP contribution in [0.1, 0.15) is 30.9 Å². The molecule has 0 bridgehead atoms. The van der Waals surface area contributed by atoms with E-state index < -0.39 is 10.0 Å². The van der Waals surface area contributed by atoms with Gasteiger partial charge < -0.3 is 9.84 Å². The number of nitrogens with zero attached hydrogens (tertiary/aromatic N) is 3. The maximum absolute atomic E-state index is 13.6. The first kappa shape index (κ1) is 22.7. The number of phenols is 1. The van der Waals surface area contributed by atoms with Gasteiger partial charge in [-0.05, 0) is 59.6 Å². The zero-order valence-corrected chi connectivity index (χ0v) is 19.6. The normalized spacial score (nSPS) is 15.3. The second-order valence-electron chi connectivity index (χ2n) is 8.09. The van der Waals surface area contributed by atoms with Crippen molar-refractivity contribution in [2.24, 2.45) is 0 Å². The summed E-state index contributed by atoms with van der Waals surface area (Å²) in [7, 11) is -4.00. The van der Waals surface area contributed by atoms with E-state index >= 15 is 0 Å². The largest absolute Gasteiger partial charge is 0.508 e. The molecule has 0 radical (unpaired) electrons. The standard InChI is InChI=1S/C22H26N4O4S2/c1-15(2)19-13-17(6-7-20(19)27)21-23-24-22(31)26(21)32(28,29)18-5-3-4-16(12-18)14-25-8-10-30-11-9-25/h3-7,12-13,15,27H,8-11,14H2,1-2H3,(H,24,31). The van der Waals surface area contributed by atoms with E-state index in [0.29, 0.717) is 30.9 Å². The van der Waals surface area contributed by atoms with Gasteiger partial charge in [0, 0.05) is 25.2 Å². The number of rotatable bonds is 6. The highest BCUT2D eigenvalue weighted by atomic mass is 32.2. The summed E-state index contributed by atoms with van der Waals surface area (Å²) < 4.78 is 33.6. The molecule has 4 rings (SSSR count). The minimum Gasteiger partial charge on any atom is -0.508 e. The summed E-state index contributed by atoms with van der Waals surface area (Å²) in [5.74, 6) is 0.386. The molecule has 1 aliphatic rings. The highest BCUT2D eigenvalue weighted by Crippen LogP contribution is 2.31. The number of aromatic amines is 1. The molecule has 1 fully saturated rings. The van der Waals surface area contributed by atoms with Gasteiger partial charge in [-0.3, -0.25) is 10.00 Å². The third-order valence-electron chi connectivity index (χ3n) is 5.49. The van der Waals surface area contributed by atoms with Crippen LogP contribution in [0, 0.1) is 4.77 Å². The molecule has 1 saturated heterocycles. The van der Waals surface area contributed by atoms with Crippen LogP contribution < -0.4 is 0 Å². The molecule has 0 atom stereocenters. The molecule has 0 amide bonds. The molecule has 170 valence electrons. The monoisotopic (exact) mass is 474 g/mol. The van der Waals surface area contributed by atoms with Gasteiger partial charge in [0.2, 0.25) is 4.77 Å². The summed E-state index contributed by atoms with van der Waals surface area (Å²) >= 11 is 5.29. The number of morpholine rings is 1. The van der Waals surface area contributed by atoms with Gasteiger partial charge in [-0.1, -0.05) is 26.0 Å². The minimum absolute atomic E-state index is 0.0160. The van der Waals surface area contributed by atoms with Gasteiger partial charge in [0.15, 0.2) is 5.82 Å². The Balaban J connectivity index is 1.73. The fourth-order valence-corrected chi connectivity index (χ4v) is 5.60. The van der Waals surface area contributed by atoms with E-state index in [4.69, 9.17) is 17.0 Å². The molecule has 1 aliphatic heterocycles. The molecule has 10 heteroatoms. The van der Waals surface area contributed by atoms with Crippen LogP contribution in [-0.4, -0.2) is 58.9 Å². The molecule has 1 aromatic heterocycles. The quantitative estimate of drug-likeness (QED) is 0.527. The number of phenolic OH excluding ortho intramolecular Hbond substituents is 1. The van der Waals surface area contributed by atoms with Crippen molar-refractivity contribution >= 4 is 22.2 Å². The van der Waals surface area contributed by atoms with Crippen LogP contribution >= 0.6 is 12.2 Å². The predicted molar refractivity (Wildman–Crippen MR) is 124 cm³/mol. The Bertz CT molecular complexity index is 1280. The fourth-order valence-electron chi connectivity index (χ4n) is 3.78. The second kappa shape index (κ2) is 9.14. The molecule has 0 unspecified atom stereocenters. The maximum Gasteiger partial charge on any atom is 0.271 e. The third kappa shape index (κ3) is 4.49. The van der Waals surface area contributed by atoms with Crippen molar-refractivity contribution in [3.63, 3.8) is 0 Å². The van der Waals surface area contributed by atoms with Crippen LogP contribution in [0.3, 0.4) is 0 Å².